The van der Waals surface area contributed by atoms with Crippen LogP contribution in [-0.2, 0) is 10.2 Å². The Bertz CT molecular complexity index is 383. The molecule has 0 aliphatic carbocycles. The average Bonchev–Trinajstić information content (AvgIpc) is 2.39. The highest BCUT2D eigenvalue weighted by molar-refractivity contribution is 7.86. The van der Waals surface area contributed by atoms with Crippen LogP contribution < -0.4 is 0 Å². The predicted octanol–water partition coefficient (Wildman–Crippen LogP) is 1.20. The van der Waals surface area contributed by atoms with E-state index in [0.29, 0.717) is 32.0 Å². The average molecular weight is 290 g/mol. The molecule has 2 unspecified atom stereocenters. The number of hydrogen-bond acceptors (Lipinski definition) is 3. The number of aliphatic hydroxyl groups is 1. The number of aliphatic hydroxyl groups excluding tert-OH is 1. The molecule has 2 atom stereocenters. The van der Waals surface area contributed by atoms with Crippen molar-refractivity contribution in [1.82, 2.24) is 8.61 Å². The molecule has 0 aromatic carbocycles. The van der Waals surface area contributed by atoms with Crippen molar-refractivity contribution in [2.75, 3.05) is 26.2 Å². The van der Waals surface area contributed by atoms with Crippen LogP contribution in [0, 0.1) is 5.92 Å². The molecule has 2 rings (SSSR count). The lowest BCUT2D eigenvalue weighted by Gasteiger charge is -2.40. The van der Waals surface area contributed by atoms with Gasteiger partial charge in [0.2, 0.25) is 0 Å². The maximum Gasteiger partial charge on any atom is 0.282 e. The Kier molecular flexibility index (Phi) is 5.22. The van der Waals surface area contributed by atoms with Crippen molar-refractivity contribution in [3.05, 3.63) is 0 Å². The van der Waals surface area contributed by atoms with Crippen molar-refractivity contribution in [3.63, 3.8) is 0 Å². The van der Waals surface area contributed by atoms with E-state index in [1.165, 1.54) is 0 Å². The van der Waals surface area contributed by atoms with Gasteiger partial charge in [-0.3, -0.25) is 0 Å². The zero-order valence-electron chi connectivity index (χ0n) is 11.8. The highest BCUT2D eigenvalue weighted by atomic mass is 32.2. The summed E-state index contributed by atoms with van der Waals surface area (Å²) in [5, 5.41) is 9.12. The lowest BCUT2D eigenvalue weighted by Crippen LogP contribution is -2.53. The van der Waals surface area contributed by atoms with E-state index in [2.05, 4.69) is 6.92 Å². The first-order valence-corrected chi connectivity index (χ1v) is 8.83. The highest BCUT2D eigenvalue weighted by Crippen LogP contribution is 2.27. The second kappa shape index (κ2) is 6.52. The summed E-state index contributed by atoms with van der Waals surface area (Å²) >= 11 is 0. The van der Waals surface area contributed by atoms with E-state index in [1.807, 2.05) is 0 Å². The summed E-state index contributed by atoms with van der Waals surface area (Å²) in [6.07, 6.45) is 5.51. The van der Waals surface area contributed by atoms with Crippen LogP contribution in [0.3, 0.4) is 0 Å². The molecule has 2 aliphatic rings. The summed E-state index contributed by atoms with van der Waals surface area (Å²) in [5.74, 6) is 0.449. The van der Waals surface area contributed by atoms with E-state index in [0.717, 1.165) is 32.1 Å². The minimum Gasteiger partial charge on any atom is -0.396 e. The van der Waals surface area contributed by atoms with Crippen LogP contribution in [0.4, 0.5) is 0 Å². The van der Waals surface area contributed by atoms with Gasteiger partial charge in [0, 0.05) is 32.3 Å². The van der Waals surface area contributed by atoms with Gasteiger partial charge in [0.25, 0.3) is 10.2 Å². The first-order valence-electron chi connectivity index (χ1n) is 7.43. The molecule has 0 spiro atoms. The van der Waals surface area contributed by atoms with E-state index in [1.54, 1.807) is 8.61 Å². The predicted molar refractivity (Wildman–Crippen MR) is 74.9 cm³/mol. The molecule has 5 nitrogen and oxygen atoms in total. The molecule has 2 aliphatic heterocycles. The minimum absolute atomic E-state index is 0.0130. The van der Waals surface area contributed by atoms with E-state index in [4.69, 9.17) is 5.11 Å². The molecule has 0 saturated carbocycles. The molecule has 0 amide bonds. The van der Waals surface area contributed by atoms with Gasteiger partial charge in [-0.25, -0.2) is 0 Å². The molecule has 6 heteroatoms. The van der Waals surface area contributed by atoms with Crippen LogP contribution in [0.25, 0.3) is 0 Å². The molecule has 2 saturated heterocycles. The van der Waals surface area contributed by atoms with Crippen LogP contribution in [0.2, 0.25) is 0 Å². The fraction of sp³-hybridized carbons (Fsp3) is 1.00. The van der Waals surface area contributed by atoms with Crippen molar-refractivity contribution >= 4 is 10.2 Å². The van der Waals surface area contributed by atoms with E-state index in [9.17, 15) is 8.42 Å². The van der Waals surface area contributed by atoms with Gasteiger partial charge < -0.3 is 5.11 Å². The number of rotatable bonds is 4. The van der Waals surface area contributed by atoms with Crippen LogP contribution >= 0.6 is 0 Å². The molecule has 112 valence electrons. The third-order valence-corrected chi connectivity index (χ3v) is 6.34. The van der Waals surface area contributed by atoms with Crippen LogP contribution in [-0.4, -0.2) is 54.4 Å². The molecule has 1 N–H and O–H groups in total. The lowest BCUT2D eigenvalue weighted by atomic mass is 10.0. The SMILES string of the molecule is CC1CCCN(S(=O)(=O)N2CCCCC2CCO)C1. The topological polar surface area (TPSA) is 60.9 Å². The molecule has 2 heterocycles. The van der Waals surface area contributed by atoms with Crippen molar-refractivity contribution in [2.45, 2.75) is 51.5 Å². The summed E-state index contributed by atoms with van der Waals surface area (Å²) in [4.78, 5) is 0. The Morgan fingerprint density at radius 1 is 1.16 bits per heavy atom. The smallest absolute Gasteiger partial charge is 0.282 e. The first-order chi connectivity index (χ1) is 9.05. The number of hydrogen-bond donors (Lipinski definition) is 1. The Morgan fingerprint density at radius 2 is 1.95 bits per heavy atom. The maximum absolute atomic E-state index is 12.7. The number of nitrogens with zero attached hydrogens (tertiary/aromatic N) is 2. The molecular formula is C13H26N2O3S. The summed E-state index contributed by atoms with van der Waals surface area (Å²) < 4.78 is 28.8. The van der Waals surface area contributed by atoms with Crippen LogP contribution in [0.15, 0.2) is 0 Å². The van der Waals surface area contributed by atoms with Crippen LogP contribution in [0.5, 0.6) is 0 Å². The van der Waals surface area contributed by atoms with Gasteiger partial charge in [-0.15, -0.1) is 0 Å². The van der Waals surface area contributed by atoms with Gasteiger partial charge in [-0.05, 0) is 38.0 Å². The Morgan fingerprint density at radius 3 is 2.63 bits per heavy atom. The highest BCUT2D eigenvalue weighted by Gasteiger charge is 2.37. The van der Waals surface area contributed by atoms with Crippen molar-refractivity contribution in [1.29, 1.82) is 0 Å². The first kappa shape index (κ1) is 15.2. The fourth-order valence-electron chi connectivity index (χ4n) is 3.22. The molecule has 0 aromatic rings. The van der Waals surface area contributed by atoms with Crippen LogP contribution in [0.1, 0.15) is 45.4 Å². The zero-order valence-corrected chi connectivity index (χ0v) is 12.6. The van der Waals surface area contributed by atoms with Gasteiger partial charge in [0.1, 0.15) is 0 Å². The third-order valence-electron chi connectivity index (χ3n) is 4.28. The van der Waals surface area contributed by atoms with E-state index >= 15 is 0 Å². The van der Waals surface area contributed by atoms with E-state index < -0.39 is 10.2 Å². The number of piperidine rings is 2. The molecular weight excluding hydrogens is 264 g/mol. The van der Waals surface area contributed by atoms with Crippen molar-refractivity contribution in [2.24, 2.45) is 5.92 Å². The lowest BCUT2D eigenvalue weighted by molar-refractivity contribution is 0.175. The fourth-order valence-corrected chi connectivity index (χ4v) is 5.27. The molecule has 0 aromatic heterocycles. The molecule has 2 fully saturated rings. The second-order valence-electron chi connectivity index (χ2n) is 5.89. The second-order valence-corrected chi connectivity index (χ2v) is 7.77. The van der Waals surface area contributed by atoms with Gasteiger partial charge >= 0.3 is 0 Å². The third kappa shape index (κ3) is 3.48. The summed E-state index contributed by atoms with van der Waals surface area (Å²) in [6.45, 7) is 4.08. The summed E-state index contributed by atoms with van der Waals surface area (Å²) in [5.41, 5.74) is 0. The zero-order chi connectivity index (χ0) is 13.9. The Balaban J connectivity index is 2.11. The Labute approximate surface area is 116 Å². The molecule has 0 bridgehead atoms. The molecule has 19 heavy (non-hydrogen) atoms. The summed E-state index contributed by atoms with van der Waals surface area (Å²) in [6, 6.07) is -0.0130. The van der Waals surface area contributed by atoms with Gasteiger partial charge in [-0.1, -0.05) is 13.3 Å². The van der Waals surface area contributed by atoms with Gasteiger partial charge in [-0.2, -0.15) is 17.0 Å². The molecule has 0 radical (unpaired) electrons. The monoisotopic (exact) mass is 290 g/mol. The van der Waals surface area contributed by atoms with Gasteiger partial charge in [0.05, 0.1) is 0 Å². The van der Waals surface area contributed by atoms with Crippen molar-refractivity contribution in [3.8, 4) is 0 Å². The maximum atomic E-state index is 12.7. The largest absolute Gasteiger partial charge is 0.396 e. The summed E-state index contributed by atoms with van der Waals surface area (Å²) in [7, 11) is -3.33. The van der Waals surface area contributed by atoms with E-state index in [-0.39, 0.29) is 12.6 Å². The quantitative estimate of drug-likeness (QED) is 0.846. The normalized spacial score (nSPS) is 31.5. The van der Waals surface area contributed by atoms with Gasteiger partial charge in [0.15, 0.2) is 0 Å². The Hall–Kier alpha value is -0.170. The standard InChI is InChI=1S/C13H26N2O3S/c1-12-5-4-8-14(11-12)19(17,18)15-9-3-2-6-13(15)7-10-16/h12-13,16H,2-11H2,1H3. The minimum atomic E-state index is -3.33. The van der Waals surface area contributed by atoms with Crippen molar-refractivity contribution < 1.29 is 13.5 Å².